The van der Waals surface area contributed by atoms with Crippen LogP contribution in [0.4, 0.5) is 5.69 Å². The molecule has 7 heteroatoms. The molecule has 2 aromatic carbocycles. The molecule has 0 saturated carbocycles. The topological polar surface area (TPSA) is 92.9 Å². The number of hydrogen-bond donors (Lipinski definition) is 1. The van der Waals surface area contributed by atoms with Gasteiger partial charge in [-0.25, -0.2) is 0 Å². The Morgan fingerprint density at radius 2 is 2.17 bits per heavy atom. The van der Waals surface area contributed by atoms with Crippen molar-refractivity contribution in [1.82, 2.24) is 4.90 Å². The van der Waals surface area contributed by atoms with Crippen molar-refractivity contribution in [2.24, 2.45) is 5.92 Å². The number of carbonyl (C=O) groups excluding carboxylic acids is 1. The van der Waals surface area contributed by atoms with Crippen LogP contribution >= 0.6 is 0 Å². The molecule has 2 aliphatic rings. The largest absolute Gasteiger partial charge is 0.507 e. The lowest BCUT2D eigenvalue weighted by atomic mass is 9.99. The molecule has 0 unspecified atom stereocenters. The lowest BCUT2D eigenvalue weighted by Gasteiger charge is -2.31. The maximum absolute atomic E-state index is 12.8. The van der Waals surface area contributed by atoms with E-state index in [0.717, 1.165) is 19.5 Å². The summed E-state index contributed by atoms with van der Waals surface area (Å²) < 4.78 is 5.86. The number of allylic oxidation sites excluding steroid dienone is 1. The van der Waals surface area contributed by atoms with Crippen molar-refractivity contribution in [1.29, 1.82) is 0 Å². The molecule has 0 radical (unpaired) electrons. The maximum Gasteiger partial charge on any atom is 0.270 e. The standard InChI is InChI=1S/C22H22N2O5/c1-14-4-3-9-23(12-14)13-18-19(25)8-7-17-21(26)20(29-22(17)18)11-15-5-2-6-16(10-15)24(27)28/h2,5-8,10-11,14,25H,3-4,9,12-13H2,1H3/b20-11+/t14-/m1/s1. The average Bonchev–Trinajstić information content (AvgIpc) is 3.00. The number of phenolic OH excluding ortho intramolecular Hbond substituents is 1. The molecule has 0 bridgehead atoms. The number of benzene rings is 2. The van der Waals surface area contributed by atoms with Gasteiger partial charge in [-0.1, -0.05) is 19.1 Å². The number of hydrogen-bond acceptors (Lipinski definition) is 6. The van der Waals surface area contributed by atoms with E-state index in [1.807, 2.05) is 0 Å². The molecule has 7 nitrogen and oxygen atoms in total. The first-order valence-electron chi connectivity index (χ1n) is 9.68. The van der Waals surface area contributed by atoms with Gasteiger partial charge in [-0.05, 0) is 49.1 Å². The number of nitro benzene ring substituents is 1. The van der Waals surface area contributed by atoms with Crippen LogP contribution in [0.15, 0.2) is 42.2 Å². The van der Waals surface area contributed by atoms with Crippen molar-refractivity contribution >= 4 is 17.5 Å². The number of ether oxygens (including phenoxy) is 1. The summed E-state index contributed by atoms with van der Waals surface area (Å²) in [4.78, 5) is 25.6. The zero-order chi connectivity index (χ0) is 20.5. The first kappa shape index (κ1) is 19.1. The molecule has 4 rings (SSSR count). The third-order valence-corrected chi connectivity index (χ3v) is 5.42. The quantitative estimate of drug-likeness (QED) is 0.476. The van der Waals surface area contributed by atoms with Crippen molar-refractivity contribution in [3.63, 3.8) is 0 Å². The highest BCUT2D eigenvalue weighted by molar-refractivity contribution is 6.15. The Bertz CT molecular complexity index is 1010. The first-order valence-corrected chi connectivity index (χ1v) is 9.68. The van der Waals surface area contributed by atoms with Gasteiger partial charge in [0.05, 0.1) is 16.1 Å². The fourth-order valence-corrected chi connectivity index (χ4v) is 3.98. The number of nitrogens with zero attached hydrogens (tertiary/aromatic N) is 2. The SMILES string of the molecule is C[C@@H]1CCCN(Cc2c(O)ccc3c2O/C(=C/c2cccc([N+](=O)[O-])c2)C3=O)C1. The lowest BCUT2D eigenvalue weighted by Crippen LogP contribution is -2.33. The summed E-state index contributed by atoms with van der Waals surface area (Å²) in [6, 6.07) is 9.10. The van der Waals surface area contributed by atoms with Crippen LogP contribution in [-0.4, -0.2) is 33.8 Å². The third-order valence-electron chi connectivity index (χ3n) is 5.42. The van der Waals surface area contributed by atoms with E-state index in [2.05, 4.69) is 11.8 Å². The molecule has 0 aromatic heterocycles. The molecule has 2 aromatic rings. The number of nitro groups is 1. The third kappa shape index (κ3) is 3.86. The highest BCUT2D eigenvalue weighted by atomic mass is 16.6. The van der Waals surface area contributed by atoms with Gasteiger partial charge in [0.25, 0.3) is 5.69 Å². The Morgan fingerprint density at radius 1 is 1.34 bits per heavy atom. The molecule has 2 aliphatic heterocycles. The van der Waals surface area contributed by atoms with Gasteiger partial charge in [0.1, 0.15) is 11.5 Å². The predicted octanol–water partition coefficient (Wildman–Crippen LogP) is 4.15. The Labute approximate surface area is 168 Å². The average molecular weight is 394 g/mol. The number of aromatic hydroxyl groups is 1. The molecule has 150 valence electrons. The fraction of sp³-hybridized carbons (Fsp3) is 0.318. The molecule has 2 heterocycles. The van der Waals surface area contributed by atoms with Crippen molar-refractivity contribution in [3.8, 4) is 11.5 Å². The molecule has 1 atom stereocenters. The van der Waals surface area contributed by atoms with Crippen molar-refractivity contribution in [2.75, 3.05) is 13.1 Å². The predicted molar refractivity (Wildman–Crippen MR) is 108 cm³/mol. The van der Waals surface area contributed by atoms with Gasteiger partial charge < -0.3 is 9.84 Å². The zero-order valence-electron chi connectivity index (χ0n) is 16.1. The Morgan fingerprint density at radius 3 is 2.93 bits per heavy atom. The van der Waals surface area contributed by atoms with Gasteiger partial charge in [0.2, 0.25) is 5.78 Å². The molecule has 1 N–H and O–H groups in total. The second kappa shape index (κ2) is 7.67. The molecule has 0 spiro atoms. The van der Waals surface area contributed by atoms with Gasteiger partial charge >= 0.3 is 0 Å². The Kier molecular flexibility index (Phi) is 5.07. The summed E-state index contributed by atoms with van der Waals surface area (Å²) in [7, 11) is 0. The van der Waals surface area contributed by atoms with E-state index in [1.54, 1.807) is 18.2 Å². The molecular weight excluding hydrogens is 372 g/mol. The molecule has 1 saturated heterocycles. The van der Waals surface area contributed by atoms with Crippen LogP contribution in [0.1, 0.15) is 41.3 Å². The second-order valence-corrected chi connectivity index (χ2v) is 7.71. The van der Waals surface area contributed by atoms with Crippen molar-refractivity contribution in [3.05, 3.63) is 69.0 Å². The number of Topliss-reactive ketones (excluding diaryl/α,β-unsaturated/α-hetero) is 1. The van der Waals surface area contributed by atoms with E-state index >= 15 is 0 Å². The van der Waals surface area contributed by atoms with Crippen LogP contribution < -0.4 is 4.74 Å². The first-order chi connectivity index (χ1) is 13.9. The van der Waals surface area contributed by atoms with E-state index in [9.17, 15) is 20.0 Å². The number of carbonyl (C=O) groups is 1. The monoisotopic (exact) mass is 394 g/mol. The normalized spacial score (nSPS) is 20.5. The minimum Gasteiger partial charge on any atom is -0.507 e. The Hall–Kier alpha value is -3.19. The van der Waals surface area contributed by atoms with Crippen LogP contribution in [0.2, 0.25) is 0 Å². The number of non-ortho nitro benzene ring substituents is 1. The van der Waals surface area contributed by atoms with Gasteiger partial charge in [-0.2, -0.15) is 0 Å². The number of rotatable bonds is 4. The number of phenols is 1. The van der Waals surface area contributed by atoms with E-state index in [0.29, 0.717) is 34.9 Å². The highest BCUT2D eigenvalue weighted by Crippen LogP contribution is 2.40. The van der Waals surface area contributed by atoms with Crippen LogP contribution in [0.3, 0.4) is 0 Å². The van der Waals surface area contributed by atoms with E-state index < -0.39 is 4.92 Å². The van der Waals surface area contributed by atoms with E-state index in [1.165, 1.54) is 30.7 Å². The number of ketones is 1. The minimum atomic E-state index is -0.482. The summed E-state index contributed by atoms with van der Waals surface area (Å²) in [5.74, 6) is 0.880. The van der Waals surface area contributed by atoms with Crippen LogP contribution in [-0.2, 0) is 6.54 Å². The summed E-state index contributed by atoms with van der Waals surface area (Å²) in [6.07, 6.45) is 3.80. The molecule has 0 aliphatic carbocycles. The van der Waals surface area contributed by atoms with E-state index in [4.69, 9.17) is 4.74 Å². The summed E-state index contributed by atoms with van der Waals surface area (Å²) in [6.45, 7) is 4.60. The summed E-state index contributed by atoms with van der Waals surface area (Å²) in [5.41, 5.74) is 1.46. The van der Waals surface area contributed by atoms with Gasteiger partial charge in [-0.15, -0.1) is 0 Å². The van der Waals surface area contributed by atoms with Crippen LogP contribution in [0, 0.1) is 16.0 Å². The number of likely N-dealkylation sites (tertiary alicyclic amines) is 1. The fourth-order valence-electron chi connectivity index (χ4n) is 3.98. The van der Waals surface area contributed by atoms with Crippen molar-refractivity contribution in [2.45, 2.75) is 26.3 Å². The highest BCUT2D eigenvalue weighted by Gasteiger charge is 2.32. The smallest absolute Gasteiger partial charge is 0.270 e. The second-order valence-electron chi connectivity index (χ2n) is 7.71. The maximum atomic E-state index is 12.8. The minimum absolute atomic E-state index is 0.0557. The molecule has 29 heavy (non-hydrogen) atoms. The number of fused-ring (bicyclic) bond motifs is 1. The van der Waals surface area contributed by atoms with Crippen LogP contribution in [0.5, 0.6) is 11.5 Å². The zero-order valence-corrected chi connectivity index (χ0v) is 16.1. The van der Waals surface area contributed by atoms with Crippen molar-refractivity contribution < 1.29 is 19.6 Å². The lowest BCUT2D eigenvalue weighted by molar-refractivity contribution is -0.384. The molecule has 1 fully saturated rings. The van der Waals surface area contributed by atoms with Gasteiger partial charge in [-0.3, -0.25) is 19.8 Å². The van der Waals surface area contributed by atoms with Gasteiger partial charge in [0, 0.05) is 25.2 Å². The summed E-state index contributed by atoms with van der Waals surface area (Å²) in [5, 5.41) is 21.4. The van der Waals surface area contributed by atoms with Crippen LogP contribution in [0.25, 0.3) is 6.08 Å². The Balaban J connectivity index is 1.64. The van der Waals surface area contributed by atoms with Gasteiger partial charge in [0.15, 0.2) is 5.76 Å². The summed E-state index contributed by atoms with van der Waals surface area (Å²) >= 11 is 0. The van der Waals surface area contributed by atoms with E-state index in [-0.39, 0.29) is 23.0 Å². The molecular formula is C22H22N2O5. The molecule has 0 amide bonds. The number of piperidine rings is 1.